The van der Waals surface area contributed by atoms with E-state index in [1.54, 1.807) is 0 Å². The molecule has 0 amide bonds. The Morgan fingerprint density at radius 1 is 0.680 bits per heavy atom. The highest BCUT2D eigenvalue weighted by molar-refractivity contribution is 4.91. The van der Waals surface area contributed by atoms with Gasteiger partial charge in [-0.3, -0.25) is 0 Å². The van der Waals surface area contributed by atoms with Crippen molar-refractivity contribution in [2.75, 3.05) is 26.4 Å². The molecule has 0 aromatic carbocycles. The minimum Gasteiger partial charge on any atom is -0.375 e. The van der Waals surface area contributed by atoms with Gasteiger partial charge in [-0.05, 0) is 68.6 Å². The van der Waals surface area contributed by atoms with Crippen LogP contribution in [0.3, 0.4) is 0 Å². The summed E-state index contributed by atoms with van der Waals surface area (Å²) in [6.07, 6.45) is 12.0. The zero-order valence-corrected chi connectivity index (χ0v) is 16.1. The zero-order chi connectivity index (χ0) is 17.3. The first-order valence-corrected chi connectivity index (χ1v) is 10.6. The summed E-state index contributed by atoms with van der Waals surface area (Å²) in [5.41, 5.74) is 0.454. The molecule has 4 heteroatoms. The summed E-state index contributed by atoms with van der Waals surface area (Å²) in [4.78, 5) is 0. The fourth-order valence-corrected chi connectivity index (χ4v) is 5.10. The smallest absolute Gasteiger partial charge is 0.104 e. The molecule has 4 nitrogen and oxygen atoms in total. The maximum absolute atomic E-state index is 6.03. The normalized spacial score (nSPS) is 41.5. The molecule has 2 saturated carbocycles. The molecule has 2 atom stereocenters. The molecule has 144 valence electrons. The maximum atomic E-state index is 6.03. The van der Waals surface area contributed by atoms with Gasteiger partial charge in [-0.1, -0.05) is 13.8 Å². The Kier molecular flexibility index (Phi) is 5.71. The monoisotopic (exact) mass is 352 g/mol. The van der Waals surface area contributed by atoms with Crippen LogP contribution in [0.1, 0.15) is 65.2 Å². The standard InChI is InChI=1S/C21H36O4/c1-21(2,15-3-7-17(8-4-15)22-11-19-13-24-19)16-5-9-18(10-6-16)23-12-20-14-25-20/h15-20H,3-14H2,1-2H3. The van der Waals surface area contributed by atoms with Gasteiger partial charge in [0, 0.05) is 0 Å². The molecule has 4 rings (SSSR count). The molecule has 0 N–H and O–H groups in total. The number of hydrogen-bond acceptors (Lipinski definition) is 4. The van der Waals surface area contributed by atoms with E-state index in [1.165, 1.54) is 51.4 Å². The first-order valence-electron chi connectivity index (χ1n) is 10.6. The van der Waals surface area contributed by atoms with Crippen LogP contribution < -0.4 is 0 Å². The molecule has 0 radical (unpaired) electrons. The summed E-state index contributed by atoms with van der Waals surface area (Å²) in [5, 5.41) is 0. The Labute approximate surface area is 152 Å². The van der Waals surface area contributed by atoms with Crippen LogP contribution in [0.2, 0.25) is 0 Å². The third-order valence-corrected chi connectivity index (χ3v) is 7.29. The van der Waals surface area contributed by atoms with E-state index in [9.17, 15) is 0 Å². The Bertz CT molecular complexity index is 376. The summed E-state index contributed by atoms with van der Waals surface area (Å²) in [7, 11) is 0. The second-order valence-electron chi connectivity index (χ2n) is 9.35. The van der Waals surface area contributed by atoms with E-state index >= 15 is 0 Å². The van der Waals surface area contributed by atoms with Crippen LogP contribution in [0.25, 0.3) is 0 Å². The van der Waals surface area contributed by atoms with Crippen molar-refractivity contribution < 1.29 is 18.9 Å². The molecule has 0 spiro atoms. The lowest BCUT2D eigenvalue weighted by molar-refractivity contribution is -0.0387. The SMILES string of the molecule is CC(C)(C1CCC(OCC2CO2)CC1)C1CCC(OCC2CO2)CC1. The van der Waals surface area contributed by atoms with Crippen molar-refractivity contribution in [2.45, 2.75) is 89.6 Å². The topological polar surface area (TPSA) is 43.5 Å². The van der Waals surface area contributed by atoms with Crippen molar-refractivity contribution in [3.8, 4) is 0 Å². The fourth-order valence-electron chi connectivity index (χ4n) is 5.10. The largest absolute Gasteiger partial charge is 0.375 e. The number of ether oxygens (including phenoxy) is 4. The molecular formula is C21H36O4. The molecule has 25 heavy (non-hydrogen) atoms. The highest BCUT2D eigenvalue weighted by Gasteiger charge is 2.41. The van der Waals surface area contributed by atoms with E-state index in [4.69, 9.17) is 18.9 Å². The first-order chi connectivity index (χ1) is 12.1. The molecule has 2 unspecified atom stereocenters. The van der Waals surface area contributed by atoms with E-state index in [2.05, 4.69) is 13.8 Å². The Balaban J connectivity index is 1.18. The van der Waals surface area contributed by atoms with Crippen LogP contribution in [-0.2, 0) is 18.9 Å². The van der Waals surface area contributed by atoms with Gasteiger partial charge in [0.1, 0.15) is 12.2 Å². The van der Waals surface area contributed by atoms with Crippen LogP contribution in [0.4, 0.5) is 0 Å². The molecular weight excluding hydrogens is 316 g/mol. The fraction of sp³-hybridized carbons (Fsp3) is 1.00. The Morgan fingerprint density at radius 3 is 1.36 bits per heavy atom. The van der Waals surface area contributed by atoms with Gasteiger partial charge in [0.25, 0.3) is 0 Å². The molecule has 2 aliphatic heterocycles. The summed E-state index contributed by atoms with van der Waals surface area (Å²) in [5.74, 6) is 1.71. The Hall–Kier alpha value is -0.160. The van der Waals surface area contributed by atoms with Crippen LogP contribution >= 0.6 is 0 Å². The van der Waals surface area contributed by atoms with Gasteiger partial charge in [-0.2, -0.15) is 0 Å². The average molecular weight is 353 g/mol. The van der Waals surface area contributed by atoms with Gasteiger partial charge in [0.05, 0.1) is 38.6 Å². The number of rotatable bonds is 8. The molecule has 4 aliphatic rings. The van der Waals surface area contributed by atoms with E-state index < -0.39 is 0 Å². The predicted molar refractivity (Wildman–Crippen MR) is 96.7 cm³/mol. The summed E-state index contributed by atoms with van der Waals surface area (Å²) in [6, 6.07) is 0. The van der Waals surface area contributed by atoms with Gasteiger partial charge in [0.2, 0.25) is 0 Å². The number of epoxide rings is 2. The van der Waals surface area contributed by atoms with E-state index in [1.807, 2.05) is 0 Å². The summed E-state index contributed by atoms with van der Waals surface area (Å²) < 4.78 is 22.6. The van der Waals surface area contributed by atoms with Gasteiger partial charge < -0.3 is 18.9 Å². The summed E-state index contributed by atoms with van der Waals surface area (Å²) >= 11 is 0. The molecule has 0 aromatic rings. The molecule has 2 heterocycles. The van der Waals surface area contributed by atoms with Gasteiger partial charge >= 0.3 is 0 Å². The Morgan fingerprint density at radius 2 is 1.04 bits per heavy atom. The van der Waals surface area contributed by atoms with Crippen LogP contribution in [-0.4, -0.2) is 50.8 Å². The highest BCUT2D eigenvalue weighted by Crippen LogP contribution is 2.48. The molecule has 0 aromatic heterocycles. The molecule has 4 fully saturated rings. The van der Waals surface area contributed by atoms with Crippen molar-refractivity contribution >= 4 is 0 Å². The second kappa shape index (κ2) is 7.84. The second-order valence-corrected chi connectivity index (χ2v) is 9.35. The summed E-state index contributed by atoms with van der Waals surface area (Å²) in [6.45, 7) is 8.50. The minimum absolute atomic E-state index is 0.401. The van der Waals surface area contributed by atoms with E-state index in [0.29, 0.717) is 29.8 Å². The quantitative estimate of drug-likeness (QED) is 0.620. The number of hydrogen-bond donors (Lipinski definition) is 0. The maximum Gasteiger partial charge on any atom is 0.104 e. The molecule has 2 aliphatic carbocycles. The third kappa shape index (κ3) is 4.97. The molecule has 2 saturated heterocycles. The van der Waals surface area contributed by atoms with Crippen molar-refractivity contribution in [3.63, 3.8) is 0 Å². The first kappa shape index (κ1) is 18.2. The van der Waals surface area contributed by atoms with Crippen molar-refractivity contribution in [3.05, 3.63) is 0 Å². The molecule has 0 bridgehead atoms. The van der Waals surface area contributed by atoms with Crippen LogP contribution in [0.15, 0.2) is 0 Å². The lowest BCUT2D eigenvalue weighted by Gasteiger charge is -2.46. The minimum atomic E-state index is 0.401. The van der Waals surface area contributed by atoms with Crippen LogP contribution in [0.5, 0.6) is 0 Å². The van der Waals surface area contributed by atoms with Crippen molar-refractivity contribution in [2.24, 2.45) is 17.3 Å². The van der Waals surface area contributed by atoms with Crippen molar-refractivity contribution in [1.82, 2.24) is 0 Å². The van der Waals surface area contributed by atoms with E-state index in [0.717, 1.165) is 38.3 Å². The van der Waals surface area contributed by atoms with Gasteiger partial charge in [0.15, 0.2) is 0 Å². The zero-order valence-electron chi connectivity index (χ0n) is 16.1. The van der Waals surface area contributed by atoms with Crippen LogP contribution in [0, 0.1) is 17.3 Å². The van der Waals surface area contributed by atoms with Crippen molar-refractivity contribution in [1.29, 1.82) is 0 Å². The third-order valence-electron chi connectivity index (χ3n) is 7.29. The lowest BCUT2D eigenvalue weighted by Crippen LogP contribution is -2.39. The van der Waals surface area contributed by atoms with Gasteiger partial charge in [-0.25, -0.2) is 0 Å². The van der Waals surface area contributed by atoms with E-state index in [-0.39, 0.29) is 0 Å². The predicted octanol–water partition coefficient (Wildman–Crippen LogP) is 3.96. The lowest BCUT2D eigenvalue weighted by atomic mass is 9.60. The highest BCUT2D eigenvalue weighted by atomic mass is 16.6. The van der Waals surface area contributed by atoms with Gasteiger partial charge in [-0.15, -0.1) is 0 Å². The average Bonchev–Trinajstić information content (AvgIpc) is 3.54.